The molecule has 2 rings (SSSR count). The van der Waals surface area contributed by atoms with Crippen LogP contribution in [0.2, 0.25) is 0 Å². The van der Waals surface area contributed by atoms with Crippen LogP contribution in [0, 0.1) is 5.21 Å². The minimum Gasteiger partial charge on any atom is -0.619 e. The number of fused-ring (bicyclic) bond motifs is 1. The van der Waals surface area contributed by atoms with Gasteiger partial charge in [-0.3, -0.25) is 0 Å². The van der Waals surface area contributed by atoms with Crippen LogP contribution in [-0.2, 0) is 0 Å². The Hall–Kier alpha value is -1.16. The van der Waals surface area contributed by atoms with Gasteiger partial charge in [-0.15, -0.1) is 11.3 Å². The second-order valence-corrected chi connectivity index (χ2v) is 2.79. The molecule has 0 unspecified atom stereocenters. The van der Waals surface area contributed by atoms with Crippen LogP contribution in [0.25, 0.3) is 10.2 Å². The summed E-state index contributed by atoms with van der Waals surface area (Å²) in [6, 6.07) is 1.76. The SMILES string of the molecule is [O-][n+]1ccc2scnc2c1. The molecular formula is C6H4N2OS. The molecule has 2 heterocycles. The minimum absolute atomic E-state index is 0.752. The first-order valence-electron chi connectivity index (χ1n) is 2.78. The van der Waals surface area contributed by atoms with Gasteiger partial charge in [-0.1, -0.05) is 0 Å². The summed E-state index contributed by atoms with van der Waals surface area (Å²) in [5.41, 5.74) is 2.49. The molecule has 0 aliphatic carbocycles. The summed E-state index contributed by atoms with van der Waals surface area (Å²) in [4.78, 5) is 3.98. The van der Waals surface area contributed by atoms with Crippen LogP contribution in [0.3, 0.4) is 0 Å². The molecule has 0 amide bonds. The zero-order valence-corrected chi connectivity index (χ0v) is 5.84. The van der Waals surface area contributed by atoms with E-state index in [4.69, 9.17) is 0 Å². The van der Waals surface area contributed by atoms with Crippen molar-refractivity contribution < 1.29 is 4.73 Å². The van der Waals surface area contributed by atoms with E-state index in [-0.39, 0.29) is 0 Å². The summed E-state index contributed by atoms with van der Waals surface area (Å²) in [5.74, 6) is 0. The average Bonchev–Trinajstić information content (AvgIpc) is 2.33. The molecular weight excluding hydrogens is 148 g/mol. The lowest BCUT2D eigenvalue weighted by molar-refractivity contribution is -0.603. The van der Waals surface area contributed by atoms with E-state index in [1.807, 2.05) is 0 Å². The van der Waals surface area contributed by atoms with Gasteiger partial charge in [0.15, 0.2) is 6.20 Å². The second-order valence-electron chi connectivity index (χ2n) is 1.91. The van der Waals surface area contributed by atoms with E-state index in [0.29, 0.717) is 0 Å². The summed E-state index contributed by atoms with van der Waals surface area (Å²) in [6.07, 6.45) is 2.94. The fourth-order valence-electron chi connectivity index (χ4n) is 0.790. The number of rotatable bonds is 0. The molecule has 0 saturated carbocycles. The van der Waals surface area contributed by atoms with Crippen molar-refractivity contribution in [3.8, 4) is 0 Å². The van der Waals surface area contributed by atoms with Crippen molar-refractivity contribution in [2.24, 2.45) is 0 Å². The third-order valence-electron chi connectivity index (χ3n) is 1.25. The van der Waals surface area contributed by atoms with Gasteiger partial charge in [-0.25, -0.2) is 4.98 Å². The fraction of sp³-hybridized carbons (Fsp3) is 0. The Bertz CT molecular complexity index is 357. The Kier molecular flexibility index (Phi) is 1.07. The van der Waals surface area contributed by atoms with E-state index in [0.717, 1.165) is 14.9 Å². The van der Waals surface area contributed by atoms with Gasteiger partial charge in [0.25, 0.3) is 0 Å². The quantitative estimate of drug-likeness (QED) is 0.416. The van der Waals surface area contributed by atoms with Crippen molar-refractivity contribution in [2.75, 3.05) is 0 Å². The van der Waals surface area contributed by atoms with E-state index in [2.05, 4.69) is 4.98 Å². The maximum absolute atomic E-state index is 10.7. The van der Waals surface area contributed by atoms with Gasteiger partial charge in [0, 0.05) is 6.07 Å². The maximum Gasteiger partial charge on any atom is 0.207 e. The molecule has 0 N–H and O–H groups in total. The van der Waals surface area contributed by atoms with Gasteiger partial charge in [-0.05, 0) is 0 Å². The van der Waals surface area contributed by atoms with E-state index < -0.39 is 0 Å². The number of thiazole rings is 1. The van der Waals surface area contributed by atoms with Gasteiger partial charge >= 0.3 is 0 Å². The first kappa shape index (κ1) is 5.61. The van der Waals surface area contributed by atoms with Crippen LogP contribution < -0.4 is 4.73 Å². The Morgan fingerprint density at radius 2 is 2.50 bits per heavy atom. The van der Waals surface area contributed by atoms with Gasteiger partial charge in [0.2, 0.25) is 6.20 Å². The lowest BCUT2D eigenvalue weighted by Gasteiger charge is -1.91. The summed E-state index contributed by atoms with van der Waals surface area (Å²) in [6.45, 7) is 0. The van der Waals surface area contributed by atoms with E-state index in [1.165, 1.54) is 23.7 Å². The third-order valence-corrected chi connectivity index (χ3v) is 2.06. The van der Waals surface area contributed by atoms with E-state index in [1.54, 1.807) is 11.6 Å². The zero-order valence-electron chi connectivity index (χ0n) is 5.02. The Morgan fingerprint density at radius 1 is 1.60 bits per heavy atom. The molecule has 0 fully saturated rings. The molecule has 0 spiro atoms. The van der Waals surface area contributed by atoms with Gasteiger partial charge in [0.05, 0.1) is 10.2 Å². The van der Waals surface area contributed by atoms with Gasteiger partial charge in [0.1, 0.15) is 5.52 Å². The molecule has 0 atom stereocenters. The summed E-state index contributed by atoms with van der Waals surface area (Å²) in [5, 5.41) is 10.7. The fourth-order valence-corrected chi connectivity index (χ4v) is 1.44. The highest BCUT2D eigenvalue weighted by molar-refractivity contribution is 7.16. The zero-order chi connectivity index (χ0) is 6.97. The molecule has 10 heavy (non-hydrogen) atoms. The second kappa shape index (κ2) is 1.91. The lowest BCUT2D eigenvalue weighted by Crippen LogP contribution is -2.23. The molecule has 0 saturated heterocycles. The Morgan fingerprint density at radius 3 is 3.40 bits per heavy atom. The standard InChI is InChI=1S/C6H4N2OS/c9-8-2-1-6-5(3-8)7-4-10-6/h1-4H. The lowest BCUT2D eigenvalue weighted by atomic mass is 10.5. The van der Waals surface area contributed by atoms with Gasteiger partial charge in [-0.2, -0.15) is 4.73 Å². The van der Waals surface area contributed by atoms with E-state index in [9.17, 15) is 5.21 Å². The normalized spacial score (nSPS) is 10.4. The van der Waals surface area contributed by atoms with Crippen LogP contribution in [0.15, 0.2) is 24.0 Å². The Labute approximate surface area is 61.2 Å². The predicted molar refractivity (Wildman–Crippen MR) is 38.6 cm³/mol. The summed E-state index contributed by atoms with van der Waals surface area (Å²) < 4.78 is 1.80. The smallest absolute Gasteiger partial charge is 0.207 e. The first-order chi connectivity index (χ1) is 4.86. The van der Waals surface area contributed by atoms with Crippen LogP contribution in [0.4, 0.5) is 0 Å². The van der Waals surface area contributed by atoms with Crippen molar-refractivity contribution in [1.29, 1.82) is 0 Å². The summed E-state index contributed by atoms with van der Waals surface area (Å²) >= 11 is 1.53. The summed E-state index contributed by atoms with van der Waals surface area (Å²) in [7, 11) is 0. The number of pyridine rings is 1. The molecule has 0 bridgehead atoms. The van der Waals surface area contributed by atoms with Crippen LogP contribution in [-0.4, -0.2) is 4.98 Å². The molecule has 50 valence electrons. The van der Waals surface area contributed by atoms with Crippen LogP contribution >= 0.6 is 11.3 Å². The third kappa shape index (κ3) is 0.733. The maximum atomic E-state index is 10.7. The average molecular weight is 152 g/mol. The van der Waals surface area contributed by atoms with Crippen molar-refractivity contribution >= 4 is 21.6 Å². The molecule has 4 heteroatoms. The highest BCUT2D eigenvalue weighted by Crippen LogP contribution is 2.13. The molecule has 2 aromatic rings. The molecule has 0 aliphatic heterocycles. The first-order valence-corrected chi connectivity index (χ1v) is 3.66. The topological polar surface area (TPSA) is 39.8 Å². The number of hydrogen-bond acceptors (Lipinski definition) is 3. The highest BCUT2D eigenvalue weighted by atomic mass is 32.1. The molecule has 0 aromatic carbocycles. The number of aromatic nitrogens is 2. The largest absolute Gasteiger partial charge is 0.619 e. The van der Waals surface area contributed by atoms with Crippen LogP contribution in [0.5, 0.6) is 0 Å². The van der Waals surface area contributed by atoms with Crippen LogP contribution in [0.1, 0.15) is 0 Å². The number of nitrogens with zero attached hydrogens (tertiary/aromatic N) is 2. The molecule has 0 aliphatic rings. The highest BCUT2D eigenvalue weighted by Gasteiger charge is 1.97. The van der Waals surface area contributed by atoms with Crippen molar-refractivity contribution in [1.82, 2.24) is 4.98 Å². The van der Waals surface area contributed by atoms with Gasteiger partial charge < -0.3 is 5.21 Å². The predicted octanol–water partition coefficient (Wildman–Crippen LogP) is 0.930. The molecule has 2 aromatic heterocycles. The van der Waals surface area contributed by atoms with E-state index >= 15 is 0 Å². The van der Waals surface area contributed by atoms with Crippen molar-refractivity contribution in [3.63, 3.8) is 0 Å². The minimum atomic E-state index is 0.752. The van der Waals surface area contributed by atoms with Crippen molar-refractivity contribution in [3.05, 3.63) is 29.2 Å². The van der Waals surface area contributed by atoms with Crippen molar-refractivity contribution in [2.45, 2.75) is 0 Å². The molecule has 3 nitrogen and oxygen atoms in total. The monoisotopic (exact) mass is 152 g/mol. The molecule has 0 radical (unpaired) electrons. The Balaban J connectivity index is 2.86. The number of hydrogen-bond donors (Lipinski definition) is 0.